The van der Waals surface area contributed by atoms with Crippen molar-refractivity contribution in [2.45, 2.75) is 6.92 Å². The quantitative estimate of drug-likeness (QED) is 0.706. The molecular formula is C15H14N2O. The van der Waals surface area contributed by atoms with Crippen LogP contribution in [0.2, 0.25) is 0 Å². The van der Waals surface area contributed by atoms with Crippen molar-refractivity contribution in [1.29, 1.82) is 0 Å². The van der Waals surface area contributed by atoms with Crippen LogP contribution in [0, 0.1) is 6.92 Å². The van der Waals surface area contributed by atoms with Gasteiger partial charge in [-0.25, -0.2) is 4.98 Å². The number of aryl methyl sites for hydroxylation is 2. The van der Waals surface area contributed by atoms with Gasteiger partial charge in [-0.15, -0.1) is 0 Å². The lowest BCUT2D eigenvalue weighted by atomic mass is 10.1. The highest BCUT2D eigenvalue weighted by molar-refractivity contribution is 5.80. The van der Waals surface area contributed by atoms with Crippen LogP contribution in [-0.2, 0) is 7.05 Å². The molecular weight excluding hydrogens is 224 g/mol. The summed E-state index contributed by atoms with van der Waals surface area (Å²) in [6.45, 7) is 1.89. The van der Waals surface area contributed by atoms with Crippen molar-refractivity contribution < 1.29 is 5.11 Å². The highest BCUT2D eigenvalue weighted by Gasteiger charge is 2.10. The topological polar surface area (TPSA) is 38.0 Å². The molecule has 3 nitrogen and oxygen atoms in total. The largest absolute Gasteiger partial charge is 0.508 e. The molecule has 0 aliphatic heterocycles. The van der Waals surface area contributed by atoms with E-state index in [4.69, 9.17) is 0 Å². The van der Waals surface area contributed by atoms with E-state index in [2.05, 4.69) is 15.6 Å². The zero-order valence-corrected chi connectivity index (χ0v) is 10.4. The second-order valence-electron chi connectivity index (χ2n) is 4.48. The van der Waals surface area contributed by atoms with E-state index < -0.39 is 0 Å². The van der Waals surface area contributed by atoms with Crippen molar-refractivity contribution in [1.82, 2.24) is 9.55 Å². The number of nitrogens with zero attached hydrogens (tertiary/aromatic N) is 2. The van der Waals surface area contributed by atoms with Gasteiger partial charge in [-0.3, -0.25) is 0 Å². The fourth-order valence-corrected chi connectivity index (χ4v) is 2.20. The maximum Gasteiger partial charge on any atom is 0.140 e. The molecule has 18 heavy (non-hydrogen) atoms. The Bertz CT molecular complexity index is 728. The summed E-state index contributed by atoms with van der Waals surface area (Å²) in [5.41, 5.74) is 3.97. The minimum atomic E-state index is 0.317. The van der Waals surface area contributed by atoms with Crippen LogP contribution < -0.4 is 0 Å². The molecule has 0 amide bonds. The smallest absolute Gasteiger partial charge is 0.140 e. The molecule has 0 atom stereocenters. The molecule has 3 aromatic rings. The molecule has 0 spiro atoms. The van der Waals surface area contributed by atoms with Crippen LogP contribution in [0.4, 0.5) is 0 Å². The fourth-order valence-electron chi connectivity index (χ4n) is 2.20. The molecule has 0 radical (unpaired) electrons. The number of fused-ring (bicyclic) bond motifs is 1. The van der Waals surface area contributed by atoms with E-state index in [0.29, 0.717) is 5.75 Å². The van der Waals surface area contributed by atoms with E-state index in [9.17, 15) is 5.11 Å². The van der Waals surface area contributed by atoms with Crippen LogP contribution in [-0.4, -0.2) is 14.7 Å². The normalized spacial score (nSPS) is 11.0. The number of rotatable bonds is 1. The second-order valence-corrected chi connectivity index (χ2v) is 4.48. The number of aromatic hydroxyl groups is 1. The van der Waals surface area contributed by atoms with Crippen LogP contribution >= 0.6 is 0 Å². The van der Waals surface area contributed by atoms with Gasteiger partial charge in [0.05, 0.1) is 11.0 Å². The molecule has 0 fully saturated rings. The Morgan fingerprint density at radius 2 is 1.89 bits per heavy atom. The molecule has 1 N–H and O–H groups in total. The van der Waals surface area contributed by atoms with E-state index in [1.54, 1.807) is 6.07 Å². The van der Waals surface area contributed by atoms with Gasteiger partial charge in [-0.2, -0.15) is 0 Å². The van der Waals surface area contributed by atoms with E-state index in [0.717, 1.165) is 28.0 Å². The standard InChI is InChI=1S/C15H14N2O/c1-10-9-11(7-8-14(10)18)15-16-12-5-3-4-6-13(12)17(15)2/h3-9,18H,1-2H3. The monoisotopic (exact) mass is 238 g/mol. The van der Waals surface area contributed by atoms with Crippen LogP contribution in [0.3, 0.4) is 0 Å². The van der Waals surface area contributed by atoms with Gasteiger partial charge >= 0.3 is 0 Å². The molecule has 3 rings (SSSR count). The maximum atomic E-state index is 9.57. The van der Waals surface area contributed by atoms with Crippen LogP contribution in [0.5, 0.6) is 5.75 Å². The van der Waals surface area contributed by atoms with Crippen molar-refractivity contribution in [3.63, 3.8) is 0 Å². The van der Waals surface area contributed by atoms with Gasteiger partial charge in [-0.1, -0.05) is 12.1 Å². The third kappa shape index (κ3) is 1.56. The number of hydrogen-bond acceptors (Lipinski definition) is 2. The second kappa shape index (κ2) is 3.88. The molecule has 0 saturated heterocycles. The maximum absolute atomic E-state index is 9.57. The first-order valence-corrected chi connectivity index (χ1v) is 5.88. The van der Waals surface area contributed by atoms with Crippen LogP contribution in [0.15, 0.2) is 42.5 Å². The average Bonchev–Trinajstić information content (AvgIpc) is 2.71. The van der Waals surface area contributed by atoms with Crippen molar-refractivity contribution >= 4 is 11.0 Å². The van der Waals surface area contributed by atoms with Crippen molar-refractivity contribution in [2.75, 3.05) is 0 Å². The number of benzene rings is 2. The van der Waals surface area contributed by atoms with Gasteiger partial charge < -0.3 is 9.67 Å². The summed E-state index contributed by atoms with van der Waals surface area (Å²) in [4.78, 5) is 4.63. The zero-order chi connectivity index (χ0) is 12.7. The number of phenols is 1. The average molecular weight is 238 g/mol. The summed E-state index contributed by atoms with van der Waals surface area (Å²) in [7, 11) is 2.01. The van der Waals surface area contributed by atoms with Crippen molar-refractivity contribution in [2.24, 2.45) is 7.05 Å². The van der Waals surface area contributed by atoms with Crippen molar-refractivity contribution in [3.8, 4) is 17.1 Å². The highest BCUT2D eigenvalue weighted by Crippen LogP contribution is 2.27. The molecule has 0 bridgehead atoms. The molecule has 1 aromatic heterocycles. The summed E-state index contributed by atoms with van der Waals surface area (Å²) in [5, 5.41) is 9.57. The van der Waals surface area contributed by atoms with Gasteiger partial charge in [0.15, 0.2) is 0 Å². The van der Waals surface area contributed by atoms with Gasteiger partial charge in [0.2, 0.25) is 0 Å². The van der Waals surface area contributed by atoms with E-state index >= 15 is 0 Å². The van der Waals surface area contributed by atoms with Gasteiger partial charge in [-0.05, 0) is 42.8 Å². The third-order valence-corrected chi connectivity index (χ3v) is 3.24. The predicted molar refractivity (Wildman–Crippen MR) is 72.6 cm³/mol. The molecule has 90 valence electrons. The summed E-state index contributed by atoms with van der Waals surface area (Å²) in [5.74, 6) is 1.23. The molecule has 3 heteroatoms. The van der Waals surface area contributed by atoms with Crippen LogP contribution in [0.1, 0.15) is 5.56 Å². The number of imidazole rings is 1. The van der Waals surface area contributed by atoms with E-state index in [1.165, 1.54) is 0 Å². The molecule has 0 unspecified atom stereocenters. The Morgan fingerprint density at radius 1 is 1.11 bits per heavy atom. The first-order valence-electron chi connectivity index (χ1n) is 5.88. The highest BCUT2D eigenvalue weighted by atomic mass is 16.3. The number of phenolic OH excluding ortho intramolecular Hbond substituents is 1. The summed E-state index contributed by atoms with van der Waals surface area (Å²) < 4.78 is 2.07. The minimum Gasteiger partial charge on any atom is -0.508 e. The number of para-hydroxylation sites is 2. The Balaban J connectivity index is 2.25. The molecule has 2 aromatic carbocycles. The third-order valence-electron chi connectivity index (χ3n) is 3.24. The molecule has 1 heterocycles. The Labute approximate surface area is 105 Å². The first kappa shape index (κ1) is 10.8. The Morgan fingerprint density at radius 3 is 2.61 bits per heavy atom. The Kier molecular flexibility index (Phi) is 2.33. The summed E-state index contributed by atoms with van der Waals surface area (Å²) in [6, 6.07) is 13.6. The van der Waals surface area contributed by atoms with E-state index in [1.807, 2.05) is 44.3 Å². The first-order chi connectivity index (χ1) is 8.66. The summed E-state index contributed by atoms with van der Waals surface area (Å²) >= 11 is 0. The van der Waals surface area contributed by atoms with Gasteiger partial charge in [0, 0.05) is 12.6 Å². The Hall–Kier alpha value is -2.29. The molecule has 0 saturated carbocycles. The van der Waals surface area contributed by atoms with Crippen molar-refractivity contribution in [3.05, 3.63) is 48.0 Å². The number of aromatic nitrogens is 2. The van der Waals surface area contributed by atoms with Gasteiger partial charge in [0.25, 0.3) is 0 Å². The lowest BCUT2D eigenvalue weighted by Crippen LogP contribution is -1.92. The zero-order valence-electron chi connectivity index (χ0n) is 10.4. The fraction of sp³-hybridized carbons (Fsp3) is 0.133. The minimum absolute atomic E-state index is 0.317. The summed E-state index contributed by atoms with van der Waals surface area (Å²) in [6.07, 6.45) is 0. The van der Waals surface area contributed by atoms with Gasteiger partial charge in [0.1, 0.15) is 11.6 Å². The lowest BCUT2D eigenvalue weighted by molar-refractivity contribution is 0.471. The van der Waals surface area contributed by atoms with E-state index in [-0.39, 0.29) is 0 Å². The van der Waals surface area contributed by atoms with Crippen LogP contribution in [0.25, 0.3) is 22.4 Å². The molecule has 0 aliphatic carbocycles. The predicted octanol–water partition coefficient (Wildman–Crippen LogP) is 3.25. The SMILES string of the molecule is Cc1cc(-c2nc3ccccc3n2C)ccc1O. The molecule has 0 aliphatic rings. The number of hydrogen-bond donors (Lipinski definition) is 1. The lowest BCUT2D eigenvalue weighted by Gasteiger charge is -2.04.